The van der Waals surface area contributed by atoms with Crippen LogP contribution in [0.2, 0.25) is 0 Å². The van der Waals surface area contributed by atoms with Gasteiger partial charge in [-0.05, 0) is 17.9 Å². The van der Waals surface area contributed by atoms with Crippen molar-refractivity contribution in [2.45, 2.75) is 39.3 Å². The molecule has 1 rings (SSSR count). The fourth-order valence-electron chi connectivity index (χ4n) is 1.89. The quantitative estimate of drug-likeness (QED) is 0.774. The fourth-order valence-corrected chi connectivity index (χ4v) is 1.89. The summed E-state index contributed by atoms with van der Waals surface area (Å²) < 4.78 is 0. The third-order valence-corrected chi connectivity index (χ3v) is 2.95. The van der Waals surface area contributed by atoms with Crippen LogP contribution in [0.25, 0.3) is 0 Å². The monoisotopic (exact) mass is 221 g/mol. The Hall–Kier alpha value is -0.860. The molecule has 0 amide bonds. The minimum Gasteiger partial charge on any atom is -0.395 e. The van der Waals surface area contributed by atoms with Gasteiger partial charge in [0.25, 0.3) is 0 Å². The van der Waals surface area contributed by atoms with Gasteiger partial charge >= 0.3 is 0 Å². The molecule has 2 nitrogen and oxygen atoms in total. The maximum absolute atomic E-state index is 9.24. The van der Waals surface area contributed by atoms with E-state index in [0.29, 0.717) is 12.0 Å². The number of hydrogen-bond donors (Lipinski definition) is 2. The molecule has 16 heavy (non-hydrogen) atoms. The van der Waals surface area contributed by atoms with Crippen LogP contribution in [0.3, 0.4) is 0 Å². The molecule has 0 aliphatic rings. The van der Waals surface area contributed by atoms with Gasteiger partial charge in [-0.2, -0.15) is 0 Å². The van der Waals surface area contributed by atoms with Crippen molar-refractivity contribution in [3.63, 3.8) is 0 Å². The second-order valence-electron chi connectivity index (χ2n) is 4.59. The van der Waals surface area contributed by atoms with E-state index < -0.39 is 0 Å². The van der Waals surface area contributed by atoms with Gasteiger partial charge in [-0.15, -0.1) is 0 Å². The Morgan fingerprint density at radius 1 is 1.19 bits per heavy atom. The third-order valence-electron chi connectivity index (χ3n) is 2.95. The molecule has 90 valence electrons. The lowest BCUT2D eigenvalue weighted by molar-refractivity contribution is 0.216. The normalized spacial score (nSPS) is 15.1. The zero-order valence-electron chi connectivity index (χ0n) is 10.5. The molecule has 0 radical (unpaired) electrons. The van der Waals surface area contributed by atoms with Crippen molar-refractivity contribution in [1.82, 2.24) is 5.32 Å². The summed E-state index contributed by atoms with van der Waals surface area (Å²) in [7, 11) is 0. The molecular weight excluding hydrogens is 198 g/mol. The molecule has 0 fully saturated rings. The second-order valence-corrected chi connectivity index (χ2v) is 4.59. The van der Waals surface area contributed by atoms with Crippen LogP contribution in [0.4, 0.5) is 0 Å². The van der Waals surface area contributed by atoms with Crippen molar-refractivity contribution in [3.05, 3.63) is 35.9 Å². The molecule has 2 atom stereocenters. The summed E-state index contributed by atoms with van der Waals surface area (Å²) in [5, 5.41) is 12.8. The summed E-state index contributed by atoms with van der Waals surface area (Å²) in [4.78, 5) is 0. The van der Waals surface area contributed by atoms with Crippen LogP contribution < -0.4 is 5.32 Å². The highest BCUT2D eigenvalue weighted by atomic mass is 16.3. The van der Waals surface area contributed by atoms with E-state index in [9.17, 15) is 5.11 Å². The lowest BCUT2D eigenvalue weighted by atomic mass is 9.95. The van der Waals surface area contributed by atoms with E-state index in [1.54, 1.807) is 0 Å². The van der Waals surface area contributed by atoms with Gasteiger partial charge in [0, 0.05) is 12.1 Å². The van der Waals surface area contributed by atoms with E-state index in [0.717, 1.165) is 6.42 Å². The first-order chi connectivity index (χ1) is 7.69. The average Bonchev–Trinajstić information content (AvgIpc) is 2.31. The molecular formula is C14H23NO. The molecule has 0 spiro atoms. The summed E-state index contributed by atoms with van der Waals surface area (Å²) in [5.74, 6) is 0.517. The topological polar surface area (TPSA) is 32.3 Å². The summed E-state index contributed by atoms with van der Waals surface area (Å²) in [6.07, 6.45) is 0.951. The van der Waals surface area contributed by atoms with Crippen LogP contribution in [-0.2, 0) is 0 Å². The van der Waals surface area contributed by atoms with Gasteiger partial charge < -0.3 is 10.4 Å². The van der Waals surface area contributed by atoms with E-state index in [4.69, 9.17) is 0 Å². The predicted octanol–water partition coefficient (Wildman–Crippen LogP) is 2.74. The molecule has 0 saturated heterocycles. The van der Waals surface area contributed by atoms with Crippen LogP contribution in [0.5, 0.6) is 0 Å². The van der Waals surface area contributed by atoms with Gasteiger partial charge in [-0.3, -0.25) is 0 Å². The smallest absolute Gasteiger partial charge is 0.0584 e. The largest absolute Gasteiger partial charge is 0.395 e. The number of rotatable bonds is 6. The zero-order valence-corrected chi connectivity index (χ0v) is 10.5. The molecule has 2 heteroatoms. The Labute approximate surface area is 98.7 Å². The van der Waals surface area contributed by atoms with Crippen LogP contribution in [-0.4, -0.2) is 17.8 Å². The van der Waals surface area contributed by atoms with Crippen molar-refractivity contribution in [3.8, 4) is 0 Å². The maximum atomic E-state index is 9.24. The van der Waals surface area contributed by atoms with E-state index in [-0.39, 0.29) is 12.6 Å². The Morgan fingerprint density at radius 3 is 2.25 bits per heavy atom. The van der Waals surface area contributed by atoms with Crippen molar-refractivity contribution in [1.29, 1.82) is 0 Å². The molecule has 2 unspecified atom stereocenters. The summed E-state index contributed by atoms with van der Waals surface area (Å²) in [6.45, 7) is 6.70. The number of hydrogen-bond acceptors (Lipinski definition) is 2. The average molecular weight is 221 g/mol. The summed E-state index contributed by atoms with van der Waals surface area (Å²) in [5.41, 5.74) is 1.30. The highest BCUT2D eigenvalue weighted by Gasteiger charge is 2.18. The van der Waals surface area contributed by atoms with E-state index in [1.807, 2.05) is 6.07 Å². The molecule has 1 aromatic rings. The third kappa shape index (κ3) is 3.62. The number of aliphatic hydroxyl groups excluding tert-OH is 1. The molecule has 0 aliphatic carbocycles. The number of nitrogens with one attached hydrogen (secondary N) is 1. The lowest BCUT2D eigenvalue weighted by Gasteiger charge is -2.27. The van der Waals surface area contributed by atoms with Gasteiger partial charge in [0.05, 0.1) is 6.61 Å². The molecule has 0 heterocycles. The first kappa shape index (κ1) is 13.2. The van der Waals surface area contributed by atoms with Gasteiger partial charge in [0.2, 0.25) is 0 Å². The van der Waals surface area contributed by atoms with Crippen LogP contribution in [0.15, 0.2) is 30.3 Å². The van der Waals surface area contributed by atoms with Gasteiger partial charge in [0.15, 0.2) is 0 Å². The van der Waals surface area contributed by atoms with E-state index in [1.165, 1.54) is 5.56 Å². The zero-order chi connectivity index (χ0) is 12.0. The van der Waals surface area contributed by atoms with Crippen molar-refractivity contribution >= 4 is 0 Å². The highest BCUT2D eigenvalue weighted by molar-refractivity contribution is 5.19. The summed E-state index contributed by atoms with van der Waals surface area (Å²) in [6, 6.07) is 10.9. The molecule has 0 saturated carbocycles. The Balaban J connectivity index is 2.76. The molecule has 0 aromatic heterocycles. The standard InChI is InChI=1S/C14H23NO/c1-4-13(10-16)15-14(11(2)3)12-8-6-5-7-9-12/h5-9,11,13-16H,4,10H2,1-3H3. The first-order valence-corrected chi connectivity index (χ1v) is 6.10. The predicted molar refractivity (Wildman–Crippen MR) is 68.3 cm³/mol. The Morgan fingerprint density at radius 2 is 1.81 bits per heavy atom. The first-order valence-electron chi connectivity index (χ1n) is 6.10. The Bertz CT molecular complexity index is 280. The van der Waals surface area contributed by atoms with Gasteiger partial charge in [0.1, 0.15) is 0 Å². The number of benzene rings is 1. The van der Waals surface area contributed by atoms with Crippen molar-refractivity contribution in [2.24, 2.45) is 5.92 Å². The van der Waals surface area contributed by atoms with Crippen molar-refractivity contribution in [2.75, 3.05) is 6.61 Å². The molecule has 1 aromatic carbocycles. The lowest BCUT2D eigenvalue weighted by Crippen LogP contribution is -2.37. The fraction of sp³-hybridized carbons (Fsp3) is 0.571. The minimum absolute atomic E-state index is 0.188. The van der Waals surface area contributed by atoms with Crippen molar-refractivity contribution < 1.29 is 5.11 Å². The molecule has 0 bridgehead atoms. The van der Waals surface area contributed by atoms with E-state index >= 15 is 0 Å². The van der Waals surface area contributed by atoms with Crippen LogP contribution >= 0.6 is 0 Å². The maximum Gasteiger partial charge on any atom is 0.0584 e. The van der Waals surface area contributed by atoms with Gasteiger partial charge in [-0.1, -0.05) is 51.1 Å². The van der Waals surface area contributed by atoms with E-state index in [2.05, 4.69) is 50.4 Å². The van der Waals surface area contributed by atoms with Crippen LogP contribution in [0, 0.1) is 5.92 Å². The van der Waals surface area contributed by atoms with Gasteiger partial charge in [-0.25, -0.2) is 0 Å². The summed E-state index contributed by atoms with van der Waals surface area (Å²) >= 11 is 0. The van der Waals surface area contributed by atoms with Crippen LogP contribution in [0.1, 0.15) is 38.8 Å². The molecule has 0 aliphatic heterocycles. The SMILES string of the molecule is CCC(CO)NC(c1ccccc1)C(C)C. The second kappa shape index (κ2) is 6.66. The minimum atomic E-state index is 0.188. The highest BCUT2D eigenvalue weighted by Crippen LogP contribution is 2.22. The number of aliphatic hydroxyl groups is 1. The molecule has 2 N–H and O–H groups in total. The Kier molecular flexibility index (Phi) is 5.50.